The normalized spacial score (nSPS) is 11.0. The molecule has 0 fully saturated rings. The molecule has 0 aliphatic heterocycles. The molecule has 0 saturated carbocycles. The molecule has 0 saturated heterocycles. The third-order valence-electron chi connectivity index (χ3n) is 6.75. The Morgan fingerprint density at radius 1 is 0.553 bits per heavy atom. The van der Waals surface area contributed by atoms with Crippen molar-refractivity contribution in [1.29, 1.82) is 0 Å². The molecule has 2 heterocycles. The summed E-state index contributed by atoms with van der Waals surface area (Å²) >= 11 is 12.3. The van der Waals surface area contributed by atoms with Crippen molar-refractivity contribution in [1.82, 2.24) is 19.6 Å². The molecule has 0 aliphatic rings. The van der Waals surface area contributed by atoms with Gasteiger partial charge in [0.2, 0.25) is 11.8 Å². The molecular formula is C34H28Cl2CrN6O4. The fourth-order valence-corrected chi connectivity index (χ4v) is 4.79. The summed E-state index contributed by atoms with van der Waals surface area (Å²) in [6.45, 7) is 3.53. The third-order valence-corrected chi connectivity index (χ3v) is 7.39. The average molecular weight is 708 g/mol. The van der Waals surface area contributed by atoms with E-state index in [1.54, 1.807) is 98.8 Å². The summed E-state index contributed by atoms with van der Waals surface area (Å²) in [5.41, 5.74) is 4.12. The van der Waals surface area contributed by atoms with Gasteiger partial charge < -0.3 is 20.4 Å². The second-order valence-electron chi connectivity index (χ2n) is 9.87. The molecule has 0 unspecified atom stereocenters. The molecule has 4 aromatic carbocycles. The van der Waals surface area contributed by atoms with Gasteiger partial charge in [-0.15, -0.1) is 0 Å². The maximum atomic E-state index is 10.4. The van der Waals surface area contributed by atoms with Crippen LogP contribution in [0.2, 0.25) is 10.0 Å². The summed E-state index contributed by atoms with van der Waals surface area (Å²) < 4.78 is 2.73. The number of aliphatic imine (C=N–C) groups is 2. The number of hydrogen-bond donors (Lipinski definition) is 4. The SMILES string of the molecule is Cc1nn(-c2ccccc2Cl)c(O)c1C=Nc1ccccc1O.Cc1nn(-c2ccccc2Cl)c(O)c1C=Nc1ccccc1O.[Cr]. The number of para-hydroxylation sites is 6. The van der Waals surface area contributed by atoms with Crippen LogP contribution in [0.25, 0.3) is 11.4 Å². The number of aromatic hydroxyl groups is 4. The van der Waals surface area contributed by atoms with E-state index >= 15 is 0 Å². The van der Waals surface area contributed by atoms with E-state index in [1.165, 1.54) is 21.8 Å². The van der Waals surface area contributed by atoms with Gasteiger partial charge in [0, 0.05) is 29.8 Å². The van der Waals surface area contributed by atoms with E-state index in [-0.39, 0.29) is 40.6 Å². The van der Waals surface area contributed by atoms with Crippen LogP contribution in [0.5, 0.6) is 23.3 Å². The van der Waals surface area contributed by atoms with Gasteiger partial charge in [-0.2, -0.15) is 19.6 Å². The number of rotatable bonds is 6. The Balaban J connectivity index is 0.000000208. The first-order chi connectivity index (χ1) is 22.2. The van der Waals surface area contributed by atoms with Crippen molar-refractivity contribution < 1.29 is 37.8 Å². The van der Waals surface area contributed by atoms with E-state index in [0.717, 1.165) is 0 Å². The maximum Gasteiger partial charge on any atom is 0.223 e. The molecule has 0 radical (unpaired) electrons. The quantitative estimate of drug-likeness (QED) is 0.129. The average Bonchev–Trinajstić information content (AvgIpc) is 3.49. The van der Waals surface area contributed by atoms with Gasteiger partial charge in [-0.1, -0.05) is 71.7 Å². The van der Waals surface area contributed by atoms with Crippen LogP contribution < -0.4 is 0 Å². The second-order valence-corrected chi connectivity index (χ2v) is 10.7. The van der Waals surface area contributed by atoms with Crippen molar-refractivity contribution in [3.05, 3.63) is 130 Å². The third kappa shape index (κ3) is 7.85. The molecular weight excluding hydrogens is 679 g/mol. The number of aryl methyl sites for hydroxylation is 2. The van der Waals surface area contributed by atoms with Crippen molar-refractivity contribution in [3.8, 4) is 34.6 Å². The molecule has 10 nitrogen and oxygen atoms in total. The number of halogens is 2. The number of aromatic nitrogens is 4. The van der Waals surface area contributed by atoms with Gasteiger partial charge in [0.1, 0.15) is 22.9 Å². The molecule has 238 valence electrons. The number of nitrogens with zero attached hydrogens (tertiary/aromatic N) is 6. The van der Waals surface area contributed by atoms with Crippen LogP contribution in [-0.4, -0.2) is 52.4 Å². The second kappa shape index (κ2) is 15.5. The van der Waals surface area contributed by atoms with Gasteiger partial charge in [0.25, 0.3) is 0 Å². The Morgan fingerprint density at radius 2 is 0.894 bits per heavy atom. The molecule has 0 amide bonds. The Kier molecular flexibility index (Phi) is 11.5. The molecule has 4 N–H and O–H groups in total. The first kappa shape index (κ1) is 34.8. The molecule has 0 aliphatic carbocycles. The molecule has 0 spiro atoms. The van der Waals surface area contributed by atoms with E-state index in [1.807, 2.05) is 12.1 Å². The largest absolute Gasteiger partial charge is 0.506 e. The van der Waals surface area contributed by atoms with E-state index in [9.17, 15) is 20.4 Å². The Labute approximate surface area is 291 Å². The van der Waals surface area contributed by atoms with Crippen LogP contribution in [0.15, 0.2) is 107 Å². The maximum absolute atomic E-state index is 10.4. The minimum absolute atomic E-state index is 0. The van der Waals surface area contributed by atoms with Gasteiger partial charge in [-0.05, 0) is 62.4 Å². The molecule has 6 aromatic rings. The first-order valence-electron chi connectivity index (χ1n) is 13.9. The Hall–Kier alpha value is -5.05. The van der Waals surface area contributed by atoms with Crippen molar-refractivity contribution in [2.24, 2.45) is 9.98 Å². The Bertz CT molecular complexity index is 1930. The van der Waals surface area contributed by atoms with Crippen LogP contribution in [-0.2, 0) is 17.4 Å². The van der Waals surface area contributed by atoms with Gasteiger partial charge >= 0.3 is 0 Å². The summed E-state index contributed by atoms with van der Waals surface area (Å²) in [7, 11) is 0. The molecule has 6 rings (SSSR count). The molecule has 0 atom stereocenters. The molecule has 0 bridgehead atoms. The predicted octanol–water partition coefficient (Wildman–Crippen LogP) is 7.99. The fraction of sp³-hybridized carbons (Fsp3) is 0.0588. The fourth-order valence-electron chi connectivity index (χ4n) is 4.35. The first-order valence-corrected chi connectivity index (χ1v) is 14.6. The smallest absolute Gasteiger partial charge is 0.223 e. The predicted molar refractivity (Wildman–Crippen MR) is 181 cm³/mol. The van der Waals surface area contributed by atoms with Crippen LogP contribution in [0.1, 0.15) is 22.5 Å². The van der Waals surface area contributed by atoms with Crippen molar-refractivity contribution in [3.63, 3.8) is 0 Å². The summed E-state index contributed by atoms with van der Waals surface area (Å²) in [6.07, 6.45) is 2.94. The van der Waals surface area contributed by atoms with Crippen LogP contribution in [0.4, 0.5) is 11.4 Å². The summed E-state index contributed by atoms with van der Waals surface area (Å²) in [5.74, 6) is 0.0170. The van der Waals surface area contributed by atoms with E-state index < -0.39 is 0 Å². The minimum Gasteiger partial charge on any atom is -0.506 e. The van der Waals surface area contributed by atoms with E-state index in [2.05, 4.69) is 20.2 Å². The van der Waals surface area contributed by atoms with Crippen molar-refractivity contribution >= 4 is 47.0 Å². The number of phenols is 2. The zero-order valence-corrected chi connectivity index (χ0v) is 27.8. The summed E-state index contributed by atoms with van der Waals surface area (Å²) in [5, 5.41) is 49.9. The monoisotopic (exact) mass is 706 g/mol. The van der Waals surface area contributed by atoms with Crippen LogP contribution in [0.3, 0.4) is 0 Å². The summed E-state index contributed by atoms with van der Waals surface area (Å²) in [6, 6.07) is 27.6. The van der Waals surface area contributed by atoms with Crippen molar-refractivity contribution in [2.75, 3.05) is 0 Å². The molecule has 2 aromatic heterocycles. The zero-order valence-electron chi connectivity index (χ0n) is 25.0. The summed E-state index contributed by atoms with van der Waals surface area (Å²) in [4.78, 5) is 8.41. The standard InChI is InChI=1S/2C17H14ClN3O2.Cr/c2*1-11-12(10-19-14-7-3-5-9-16(14)22)17(23)21(20-11)15-8-4-2-6-13(15)18;/h2*2-10,22-23H,1H3;. The van der Waals surface area contributed by atoms with Crippen molar-refractivity contribution in [2.45, 2.75) is 13.8 Å². The molecule has 47 heavy (non-hydrogen) atoms. The minimum atomic E-state index is -0.0604. The zero-order chi connectivity index (χ0) is 32.8. The van der Waals surface area contributed by atoms with Gasteiger partial charge in [-0.3, -0.25) is 9.98 Å². The molecule has 13 heteroatoms. The van der Waals surface area contributed by atoms with Gasteiger partial charge in [-0.25, -0.2) is 0 Å². The number of benzene rings is 4. The topological polar surface area (TPSA) is 141 Å². The van der Waals surface area contributed by atoms with Gasteiger partial charge in [0.15, 0.2) is 0 Å². The van der Waals surface area contributed by atoms with Crippen LogP contribution >= 0.6 is 23.2 Å². The van der Waals surface area contributed by atoms with E-state index in [4.69, 9.17) is 23.2 Å². The van der Waals surface area contributed by atoms with Crippen LogP contribution in [0, 0.1) is 13.8 Å². The van der Waals surface area contributed by atoms with E-state index in [0.29, 0.717) is 55.3 Å². The van der Waals surface area contributed by atoms with Gasteiger partial charge in [0.05, 0.1) is 43.9 Å². The number of phenolic OH excluding ortho intramolecular Hbond substituents is 2. The Morgan fingerprint density at radius 3 is 1.26 bits per heavy atom. The number of hydrogen-bond acceptors (Lipinski definition) is 8.